The summed E-state index contributed by atoms with van der Waals surface area (Å²) in [6.45, 7) is 8.63. The van der Waals surface area contributed by atoms with E-state index in [-0.39, 0.29) is 0 Å². The van der Waals surface area contributed by atoms with Crippen molar-refractivity contribution in [3.8, 4) is 11.5 Å². The predicted molar refractivity (Wildman–Crippen MR) is 70.9 cm³/mol. The number of hydrogen-bond acceptors (Lipinski definition) is 3. The van der Waals surface area contributed by atoms with E-state index >= 15 is 0 Å². The van der Waals surface area contributed by atoms with Crippen LogP contribution in [-0.2, 0) is 0 Å². The Hall–Kier alpha value is -1.22. The summed E-state index contributed by atoms with van der Waals surface area (Å²) < 4.78 is 11.1. The van der Waals surface area contributed by atoms with Crippen molar-refractivity contribution in [1.29, 1.82) is 0 Å². The third-order valence-corrected chi connectivity index (χ3v) is 2.57. The van der Waals surface area contributed by atoms with Crippen LogP contribution in [-0.4, -0.2) is 25.8 Å². The highest BCUT2D eigenvalue weighted by molar-refractivity contribution is 5.31. The Bertz CT molecular complexity index is 298. The first-order chi connectivity index (χ1) is 8.30. The molecule has 0 fully saturated rings. The minimum absolute atomic E-state index is 0.423. The zero-order valence-corrected chi connectivity index (χ0v) is 11.0. The van der Waals surface area contributed by atoms with Gasteiger partial charge in [0.05, 0.1) is 6.61 Å². The lowest BCUT2D eigenvalue weighted by molar-refractivity contribution is 0.261. The van der Waals surface area contributed by atoms with E-state index in [2.05, 4.69) is 19.2 Å². The molecule has 0 bridgehead atoms. The molecule has 1 atom stereocenters. The Balaban J connectivity index is 2.40. The van der Waals surface area contributed by atoms with E-state index in [0.29, 0.717) is 19.3 Å². The second kappa shape index (κ2) is 7.96. The van der Waals surface area contributed by atoms with Crippen LogP contribution in [0.15, 0.2) is 24.3 Å². The lowest BCUT2D eigenvalue weighted by Gasteiger charge is -2.16. The van der Waals surface area contributed by atoms with Gasteiger partial charge in [0.25, 0.3) is 0 Å². The standard InChI is InChI=1S/C14H23NO2/c1-4-12(15-5-2)11-17-14-9-7-13(8-10-14)16-6-3/h7-10,12,15H,4-6,11H2,1-3H3. The van der Waals surface area contributed by atoms with Gasteiger partial charge in [0.1, 0.15) is 18.1 Å². The molecule has 96 valence electrons. The van der Waals surface area contributed by atoms with Crippen LogP contribution in [0.1, 0.15) is 27.2 Å². The smallest absolute Gasteiger partial charge is 0.119 e. The fraction of sp³-hybridized carbons (Fsp3) is 0.571. The molecule has 0 aromatic heterocycles. The quantitative estimate of drug-likeness (QED) is 0.754. The number of hydrogen-bond donors (Lipinski definition) is 1. The van der Waals surface area contributed by atoms with Crippen molar-refractivity contribution in [3.63, 3.8) is 0 Å². The summed E-state index contributed by atoms with van der Waals surface area (Å²) in [6.07, 6.45) is 1.07. The van der Waals surface area contributed by atoms with Crippen molar-refractivity contribution >= 4 is 0 Å². The van der Waals surface area contributed by atoms with E-state index in [0.717, 1.165) is 24.5 Å². The molecule has 0 aliphatic heterocycles. The molecule has 3 heteroatoms. The van der Waals surface area contributed by atoms with E-state index < -0.39 is 0 Å². The maximum Gasteiger partial charge on any atom is 0.119 e. The van der Waals surface area contributed by atoms with E-state index in [1.165, 1.54) is 0 Å². The van der Waals surface area contributed by atoms with Crippen LogP contribution >= 0.6 is 0 Å². The van der Waals surface area contributed by atoms with Gasteiger partial charge in [-0.3, -0.25) is 0 Å². The molecule has 3 nitrogen and oxygen atoms in total. The summed E-state index contributed by atoms with van der Waals surface area (Å²) in [6, 6.07) is 8.19. The minimum atomic E-state index is 0.423. The summed E-state index contributed by atoms with van der Waals surface area (Å²) in [4.78, 5) is 0. The molecule has 0 saturated carbocycles. The lowest BCUT2D eigenvalue weighted by atomic mass is 10.2. The van der Waals surface area contributed by atoms with Crippen LogP contribution in [0, 0.1) is 0 Å². The summed E-state index contributed by atoms with van der Waals surface area (Å²) in [5, 5.41) is 3.38. The largest absolute Gasteiger partial charge is 0.494 e. The SMILES string of the molecule is CCNC(CC)COc1ccc(OCC)cc1. The van der Waals surface area contributed by atoms with Crippen LogP contribution in [0.4, 0.5) is 0 Å². The number of ether oxygens (including phenoxy) is 2. The highest BCUT2D eigenvalue weighted by atomic mass is 16.5. The third-order valence-electron chi connectivity index (χ3n) is 2.57. The van der Waals surface area contributed by atoms with Crippen molar-refractivity contribution in [2.75, 3.05) is 19.8 Å². The van der Waals surface area contributed by atoms with E-state index in [9.17, 15) is 0 Å². The van der Waals surface area contributed by atoms with E-state index in [1.54, 1.807) is 0 Å². The molecule has 0 heterocycles. The Morgan fingerprint density at radius 3 is 2.06 bits per heavy atom. The van der Waals surface area contributed by atoms with Crippen LogP contribution in [0.25, 0.3) is 0 Å². The fourth-order valence-electron chi connectivity index (χ4n) is 1.61. The second-order valence-corrected chi connectivity index (χ2v) is 3.88. The summed E-state index contributed by atoms with van der Waals surface area (Å²) >= 11 is 0. The number of likely N-dealkylation sites (N-methyl/N-ethyl adjacent to an activating group) is 1. The Morgan fingerprint density at radius 1 is 1.00 bits per heavy atom. The molecule has 0 saturated heterocycles. The minimum Gasteiger partial charge on any atom is -0.494 e. The van der Waals surface area contributed by atoms with Crippen LogP contribution < -0.4 is 14.8 Å². The van der Waals surface area contributed by atoms with Crippen molar-refractivity contribution in [3.05, 3.63) is 24.3 Å². The molecule has 0 aliphatic rings. The molecule has 0 spiro atoms. The first kappa shape index (κ1) is 13.8. The Labute approximate surface area is 104 Å². The van der Waals surface area contributed by atoms with Crippen molar-refractivity contribution < 1.29 is 9.47 Å². The molecule has 0 amide bonds. The molecule has 1 aromatic carbocycles. The molecule has 17 heavy (non-hydrogen) atoms. The van der Waals surface area contributed by atoms with Gasteiger partial charge in [-0.1, -0.05) is 13.8 Å². The lowest BCUT2D eigenvalue weighted by Crippen LogP contribution is -2.33. The van der Waals surface area contributed by atoms with Crippen molar-refractivity contribution in [1.82, 2.24) is 5.32 Å². The maximum atomic E-state index is 5.73. The highest BCUT2D eigenvalue weighted by Gasteiger charge is 2.05. The van der Waals surface area contributed by atoms with Gasteiger partial charge in [0.2, 0.25) is 0 Å². The zero-order valence-electron chi connectivity index (χ0n) is 11.0. The average molecular weight is 237 g/mol. The van der Waals surface area contributed by atoms with Gasteiger partial charge in [-0.15, -0.1) is 0 Å². The molecule has 1 rings (SSSR count). The third kappa shape index (κ3) is 5.09. The molecule has 0 radical (unpaired) electrons. The summed E-state index contributed by atoms with van der Waals surface area (Å²) in [5.74, 6) is 1.78. The Kier molecular flexibility index (Phi) is 6.48. The number of benzene rings is 1. The first-order valence-corrected chi connectivity index (χ1v) is 6.39. The van der Waals surface area contributed by atoms with Gasteiger partial charge in [-0.25, -0.2) is 0 Å². The van der Waals surface area contributed by atoms with Gasteiger partial charge < -0.3 is 14.8 Å². The van der Waals surface area contributed by atoms with Gasteiger partial charge in [-0.05, 0) is 44.2 Å². The van der Waals surface area contributed by atoms with Gasteiger partial charge >= 0.3 is 0 Å². The van der Waals surface area contributed by atoms with E-state index in [1.807, 2.05) is 31.2 Å². The monoisotopic (exact) mass is 237 g/mol. The Morgan fingerprint density at radius 2 is 1.59 bits per heavy atom. The van der Waals surface area contributed by atoms with Crippen LogP contribution in [0.2, 0.25) is 0 Å². The molecular weight excluding hydrogens is 214 g/mol. The van der Waals surface area contributed by atoms with Crippen LogP contribution in [0.5, 0.6) is 11.5 Å². The topological polar surface area (TPSA) is 30.5 Å². The zero-order chi connectivity index (χ0) is 12.5. The number of rotatable bonds is 8. The van der Waals surface area contributed by atoms with Gasteiger partial charge in [0, 0.05) is 6.04 Å². The normalized spacial score (nSPS) is 12.2. The van der Waals surface area contributed by atoms with Gasteiger partial charge in [0.15, 0.2) is 0 Å². The van der Waals surface area contributed by atoms with Crippen molar-refractivity contribution in [2.24, 2.45) is 0 Å². The number of nitrogens with one attached hydrogen (secondary N) is 1. The average Bonchev–Trinajstić information content (AvgIpc) is 2.36. The summed E-state index contributed by atoms with van der Waals surface area (Å²) in [7, 11) is 0. The molecule has 1 N–H and O–H groups in total. The fourth-order valence-corrected chi connectivity index (χ4v) is 1.61. The van der Waals surface area contributed by atoms with E-state index in [4.69, 9.17) is 9.47 Å². The molecular formula is C14H23NO2. The van der Waals surface area contributed by atoms with Gasteiger partial charge in [-0.2, -0.15) is 0 Å². The molecule has 1 unspecified atom stereocenters. The molecule has 0 aliphatic carbocycles. The highest BCUT2D eigenvalue weighted by Crippen LogP contribution is 2.17. The van der Waals surface area contributed by atoms with Crippen LogP contribution in [0.3, 0.4) is 0 Å². The summed E-state index contributed by atoms with van der Waals surface area (Å²) in [5.41, 5.74) is 0. The predicted octanol–water partition coefficient (Wildman–Crippen LogP) is 2.85. The first-order valence-electron chi connectivity index (χ1n) is 6.39. The van der Waals surface area contributed by atoms with Crippen molar-refractivity contribution in [2.45, 2.75) is 33.2 Å². The molecule has 1 aromatic rings. The second-order valence-electron chi connectivity index (χ2n) is 3.88. The maximum absolute atomic E-state index is 5.73.